The lowest BCUT2D eigenvalue weighted by Gasteiger charge is -2.22. The summed E-state index contributed by atoms with van der Waals surface area (Å²) in [6.45, 7) is 2.01. The molecule has 31 heavy (non-hydrogen) atoms. The Labute approximate surface area is 182 Å². The van der Waals surface area contributed by atoms with E-state index in [1.807, 2.05) is 18.2 Å². The van der Waals surface area contributed by atoms with Gasteiger partial charge >= 0.3 is 0 Å². The summed E-state index contributed by atoms with van der Waals surface area (Å²) in [4.78, 5) is 25.9. The van der Waals surface area contributed by atoms with Gasteiger partial charge in [-0.05, 0) is 49.1 Å². The minimum absolute atomic E-state index is 0.0190. The normalized spacial score (nSPS) is 13.9. The van der Waals surface area contributed by atoms with Crippen LogP contribution in [0.5, 0.6) is 11.5 Å². The summed E-state index contributed by atoms with van der Waals surface area (Å²) >= 11 is 0. The third-order valence-corrected chi connectivity index (χ3v) is 5.53. The lowest BCUT2D eigenvalue weighted by molar-refractivity contribution is -0.384. The van der Waals surface area contributed by atoms with Gasteiger partial charge in [-0.2, -0.15) is 0 Å². The molecule has 0 atom stereocenters. The predicted octanol–water partition coefficient (Wildman–Crippen LogP) is 3.96. The lowest BCUT2D eigenvalue weighted by Crippen LogP contribution is -2.27. The molecular formula is C23H29N3O5. The van der Waals surface area contributed by atoms with E-state index in [1.165, 1.54) is 6.07 Å². The molecule has 1 aliphatic heterocycles. The highest BCUT2D eigenvalue weighted by Gasteiger charge is 2.22. The molecule has 3 rings (SSSR count). The monoisotopic (exact) mass is 427 g/mol. The third-order valence-electron chi connectivity index (χ3n) is 5.53. The van der Waals surface area contributed by atoms with Crippen LogP contribution in [-0.4, -0.2) is 44.7 Å². The van der Waals surface area contributed by atoms with Crippen molar-refractivity contribution < 1.29 is 19.2 Å². The number of nitro groups is 1. The van der Waals surface area contributed by atoms with E-state index in [9.17, 15) is 14.9 Å². The van der Waals surface area contributed by atoms with Gasteiger partial charge in [-0.25, -0.2) is 0 Å². The second-order valence-electron chi connectivity index (χ2n) is 7.56. The maximum Gasteiger partial charge on any atom is 0.293 e. The van der Waals surface area contributed by atoms with Gasteiger partial charge in [-0.1, -0.05) is 18.9 Å². The molecule has 0 aromatic heterocycles. The smallest absolute Gasteiger partial charge is 0.293 e. The maximum atomic E-state index is 12.6. The molecule has 1 amide bonds. The second-order valence-corrected chi connectivity index (χ2v) is 7.56. The quantitative estimate of drug-likeness (QED) is 0.506. The molecule has 0 saturated carbocycles. The summed E-state index contributed by atoms with van der Waals surface area (Å²) in [6.07, 6.45) is 4.93. The number of benzene rings is 2. The Morgan fingerprint density at radius 2 is 1.74 bits per heavy atom. The van der Waals surface area contributed by atoms with Crippen molar-refractivity contribution in [3.8, 4) is 11.5 Å². The van der Waals surface area contributed by atoms with E-state index in [0.717, 1.165) is 44.3 Å². The van der Waals surface area contributed by atoms with Gasteiger partial charge in [-0.3, -0.25) is 14.9 Å². The molecule has 1 aliphatic rings. The van der Waals surface area contributed by atoms with Crippen molar-refractivity contribution in [2.75, 3.05) is 38.8 Å². The van der Waals surface area contributed by atoms with E-state index >= 15 is 0 Å². The van der Waals surface area contributed by atoms with Crippen molar-refractivity contribution >= 4 is 17.3 Å². The molecule has 2 aromatic carbocycles. The van der Waals surface area contributed by atoms with Crippen LogP contribution in [0.25, 0.3) is 0 Å². The zero-order chi connectivity index (χ0) is 22.2. The van der Waals surface area contributed by atoms with E-state index < -0.39 is 4.92 Å². The molecule has 0 unspecified atom stereocenters. The van der Waals surface area contributed by atoms with E-state index in [2.05, 4.69) is 10.2 Å². The van der Waals surface area contributed by atoms with Gasteiger partial charge in [0.15, 0.2) is 11.5 Å². The molecule has 0 bridgehead atoms. The second kappa shape index (κ2) is 10.7. The van der Waals surface area contributed by atoms with E-state index in [4.69, 9.17) is 9.47 Å². The minimum Gasteiger partial charge on any atom is -0.493 e. The molecule has 8 nitrogen and oxygen atoms in total. The maximum absolute atomic E-state index is 12.6. The Kier molecular flexibility index (Phi) is 7.70. The fourth-order valence-corrected chi connectivity index (χ4v) is 3.85. The number of nitro benzene ring substituents is 1. The van der Waals surface area contributed by atoms with Crippen molar-refractivity contribution in [1.82, 2.24) is 5.32 Å². The number of ether oxygens (including phenoxy) is 2. The van der Waals surface area contributed by atoms with E-state index in [-0.39, 0.29) is 17.2 Å². The molecule has 0 aliphatic carbocycles. The lowest BCUT2D eigenvalue weighted by atomic mass is 10.1. The number of nitrogens with zero attached hydrogens (tertiary/aromatic N) is 2. The number of amides is 1. The van der Waals surface area contributed by atoms with Gasteiger partial charge in [0.2, 0.25) is 0 Å². The number of hydrogen-bond donors (Lipinski definition) is 1. The van der Waals surface area contributed by atoms with Crippen LogP contribution in [0.3, 0.4) is 0 Å². The first kappa shape index (κ1) is 22.4. The van der Waals surface area contributed by atoms with Gasteiger partial charge in [0.25, 0.3) is 11.6 Å². The SMILES string of the molecule is COc1ccc(CCNC(=O)c2ccc(N3CCCCCC3)c([N+](=O)[O-])c2)cc1OC. The number of anilines is 1. The molecule has 1 saturated heterocycles. The average molecular weight is 428 g/mol. The first-order valence-electron chi connectivity index (χ1n) is 10.6. The van der Waals surface area contributed by atoms with Crippen LogP contribution in [0.15, 0.2) is 36.4 Å². The third kappa shape index (κ3) is 5.65. The number of carbonyl (C=O) groups is 1. The van der Waals surface area contributed by atoms with Crippen molar-refractivity contribution in [2.45, 2.75) is 32.1 Å². The fourth-order valence-electron chi connectivity index (χ4n) is 3.85. The van der Waals surface area contributed by atoms with Crippen LogP contribution in [0.1, 0.15) is 41.6 Å². The highest BCUT2D eigenvalue weighted by Crippen LogP contribution is 2.31. The molecular weight excluding hydrogens is 398 g/mol. The Bertz CT molecular complexity index is 923. The molecule has 0 spiro atoms. The van der Waals surface area contributed by atoms with Crippen LogP contribution < -0.4 is 19.7 Å². The molecule has 2 aromatic rings. The van der Waals surface area contributed by atoms with Crippen LogP contribution in [0, 0.1) is 10.1 Å². The van der Waals surface area contributed by atoms with Crippen molar-refractivity contribution in [3.63, 3.8) is 0 Å². The first-order valence-corrected chi connectivity index (χ1v) is 10.6. The topological polar surface area (TPSA) is 93.9 Å². The van der Waals surface area contributed by atoms with Crippen LogP contribution in [0.4, 0.5) is 11.4 Å². The largest absolute Gasteiger partial charge is 0.493 e. The van der Waals surface area contributed by atoms with Crippen molar-refractivity contribution in [3.05, 3.63) is 57.6 Å². The molecule has 8 heteroatoms. The first-order chi connectivity index (χ1) is 15.0. The summed E-state index contributed by atoms with van der Waals surface area (Å²) in [5.74, 6) is 0.948. The Morgan fingerprint density at radius 1 is 1.03 bits per heavy atom. The van der Waals surface area contributed by atoms with Crippen LogP contribution in [-0.2, 0) is 6.42 Å². The highest BCUT2D eigenvalue weighted by atomic mass is 16.6. The molecule has 1 N–H and O–H groups in total. The van der Waals surface area contributed by atoms with E-state index in [1.54, 1.807) is 26.4 Å². The van der Waals surface area contributed by atoms with Crippen molar-refractivity contribution in [1.29, 1.82) is 0 Å². The minimum atomic E-state index is -0.402. The Morgan fingerprint density at radius 3 is 2.39 bits per heavy atom. The molecule has 166 valence electrons. The number of hydrogen-bond acceptors (Lipinski definition) is 6. The van der Waals surface area contributed by atoms with Gasteiger partial charge in [0, 0.05) is 31.3 Å². The number of nitrogens with one attached hydrogen (secondary N) is 1. The Hall–Kier alpha value is -3.29. The zero-order valence-electron chi connectivity index (χ0n) is 18.1. The molecule has 1 fully saturated rings. The number of rotatable bonds is 8. The zero-order valence-corrected chi connectivity index (χ0v) is 18.1. The van der Waals surface area contributed by atoms with Gasteiger partial charge in [0.05, 0.1) is 19.1 Å². The standard InChI is InChI=1S/C23H29N3O5/c1-30-21-10-7-17(15-22(21)31-2)11-12-24-23(27)18-8-9-19(20(16-18)26(28)29)25-13-5-3-4-6-14-25/h7-10,15-16H,3-6,11-14H2,1-2H3,(H,24,27). The fraction of sp³-hybridized carbons (Fsp3) is 0.435. The van der Waals surface area contributed by atoms with Crippen LogP contribution in [0.2, 0.25) is 0 Å². The molecule has 1 heterocycles. The number of carbonyl (C=O) groups excluding carboxylic acids is 1. The summed E-state index contributed by atoms with van der Waals surface area (Å²) in [7, 11) is 3.15. The summed E-state index contributed by atoms with van der Waals surface area (Å²) in [5, 5.41) is 14.5. The van der Waals surface area contributed by atoms with Crippen molar-refractivity contribution in [2.24, 2.45) is 0 Å². The van der Waals surface area contributed by atoms with E-state index in [0.29, 0.717) is 30.2 Å². The summed E-state index contributed by atoms with van der Waals surface area (Å²) < 4.78 is 10.5. The Balaban J connectivity index is 1.66. The summed E-state index contributed by atoms with van der Waals surface area (Å²) in [6, 6.07) is 10.3. The molecule has 0 radical (unpaired) electrons. The average Bonchev–Trinajstić information content (AvgIpc) is 3.08. The number of methoxy groups -OCH3 is 2. The summed E-state index contributed by atoms with van der Waals surface area (Å²) in [5.41, 5.74) is 1.85. The van der Waals surface area contributed by atoms with Gasteiger partial charge in [0.1, 0.15) is 5.69 Å². The van der Waals surface area contributed by atoms with Gasteiger partial charge < -0.3 is 19.7 Å². The predicted molar refractivity (Wildman–Crippen MR) is 119 cm³/mol. The van der Waals surface area contributed by atoms with Crippen LogP contribution >= 0.6 is 0 Å². The van der Waals surface area contributed by atoms with Gasteiger partial charge in [-0.15, -0.1) is 0 Å². The highest BCUT2D eigenvalue weighted by molar-refractivity contribution is 5.95.